The van der Waals surface area contributed by atoms with E-state index in [0.29, 0.717) is 24.9 Å². The van der Waals surface area contributed by atoms with E-state index in [1.807, 2.05) is 0 Å². The predicted octanol–water partition coefficient (Wildman–Crippen LogP) is 1.03. The van der Waals surface area contributed by atoms with Crippen LogP contribution in [0.4, 0.5) is 0 Å². The van der Waals surface area contributed by atoms with Gasteiger partial charge in [-0.1, -0.05) is 20.8 Å². The second-order valence-corrected chi connectivity index (χ2v) is 7.93. The van der Waals surface area contributed by atoms with Crippen molar-refractivity contribution in [2.24, 2.45) is 5.92 Å². The lowest BCUT2D eigenvalue weighted by atomic mass is 9.97. The second kappa shape index (κ2) is 8.97. The summed E-state index contributed by atoms with van der Waals surface area (Å²) in [6.45, 7) is 11.0. The lowest BCUT2D eigenvalue weighted by Gasteiger charge is -2.30. The summed E-state index contributed by atoms with van der Waals surface area (Å²) >= 11 is 0. The van der Waals surface area contributed by atoms with Crippen LogP contribution in [0.5, 0.6) is 0 Å². The molecule has 0 aromatic heterocycles. The van der Waals surface area contributed by atoms with Crippen LogP contribution in [0.3, 0.4) is 0 Å². The zero-order valence-electron chi connectivity index (χ0n) is 13.2. The quantitative estimate of drug-likeness (QED) is 0.625. The van der Waals surface area contributed by atoms with Crippen LogP contribution in [0.25, 0.3) is 0 Å². The molecule has 120 valence electrons. The minimum atomic E-state index is -3.10. The first-order valence-electron chi connectivity index (χ1n) is 7.86. The number of rotatable bonds is 9. The van der Waals surface area contributed by atoms with Gasteiger partial charge in [-0.25, -0.2) is 13.1 Å². The van der Waals surface area contributed by atoms with Crippen molar-refractivity contribution in [3.8, 4) is 0 Å². The summed E-state index contributed by atoms with van der Waals surface area (Å²) in [5.74, 6) is 0.724. The van der Waals surface area contributed by atoms with Gasteiger partial charge < -0.3 is 10.2 Å². The lowest BCUT2D eigenvalue weighted by Crippen LogP contribution is -2.39. The zero-order valence-corrected chi connectivity index (χ0v) is 14.0. The third kappa shape index (κ3) is 7.57. The Labute approximate surface area is 124 Å². The molecule has 0 saturated carbocycles. The Morgan fingerprint density at radius 2 is 1.90 bits per heavy atom. The van der Waals surface area contributed by atoms with E-state index in [1.165, 1.54) is 0 Å². The van der Waals surface area contributed by atoms with Gasteiger partial charge in [-0.2, -0.15) is 0 Å². The Morgan fingerprint density at radius 1 is 1.25 bits per heavy atom. The Kier molecular flexibility index (Phi) is 8.02. The topological polar surface area (TPSA) is 61.4 Å². The van der Waals surface area contributed by atoms with Gasteiger partial charge >= 0.3 is 0 Å². The minimum Gasteiger partial charge on any atom is -0.314 e. The first kappa shape index (κ1) is 17.9. The molecule has 1 aliphatic rings. The summed E-state index contributed by atoms with van der Waals surface area (Å²) in [6, 6.07) is 0.411. The number of hydrogen-bond donors (Lipinski definition) is 2. The van der Waals surface area contributed by atoms with Crippen LogP contribution in [0.15, 0.2) is 0 Å². The van der Waals surface area contributed by atoms with E-state index in [9.17, 15) is 8.42 Å². The monoisotopic (exact) mass is 305 g/mol. The molecule has 1 heterocycles. The zero-order chi connectivity index (χ0) is 15.0. The Balaban J connectivity index is 2.16. The van der Waals surface area contributed by atoms with E-state index >= 15 is 0 Å². The molecule has 2 N–H and O–H groups in total. The molecule has 0 spiro atoms. The summed E-state index contributed by atoms with van der Waals surface area (Å²) in [5.41, 5.74) is 0. The minimum absolute atomic E-state index is 0.223. The third-order valence-corrected chi connectivity index (χ3v) is 5.32. The molecule has 0 aromatic rings. The highest BCUT2D eigenvalue weighted by atomic mass is 32.2. The Hall–Kier alpha value is -0.170. The van der Waals surface area contributed by atoms with Crippen molar-refractivity contribution in [2.75, 3.05) is 38.5 Å². The van der Waals surface area contributed by atoms with Crippen LogP contribution in [-0.2, 0) is 10.0 Å². The average molecular weight is 305 g/mol. The van der Waals surface area contributed by atoms with Gasteiger partial charge in [0.2, 0.25) is 10.0 Å². The van der Waals surface area contributed by atoms with E-state index in [2.05, 4.69) is 35.7 Å². The predicted molar refractivity (Wildman–Crippen MR) is 84.4 cm³/mol. The molecule has 1 aliphatic heterocycles. The summed E-state index contributed by atoms with van der Waals surface area (Å²) in [6.07, 6.45) is 2.87. The maximum atomic E-state index is 11.9. The van der Waals surface area contributed by atoms with Gasteiger partial charge in [-0.3, -0.25) is 0 Å². The summed E-state index contributed by atoms with van der Waals surface area (Å²) in [4.78, 5) is 2.42. The van der Waals surface area contributed by atoms with Crippen LogP contribution >= 0.6 is 0 Å². The van der Waals surface area contributed by atoms with Crippen molar-refractivity contribution in [3.63, 3.8) is 0 Å². The molecule has 5 nitrogen and oxygen atoms in total. The fourth-order valence-corrected chi connectivity index (χ4v) is 3.64. The van der Waals surface area contributed by atoms with Gasteiger partial charge in [0.15, 0.2) is 0 Å². The lowest BCUT2D eigenvalue weighted by molar-refractivity contribution is 0.194. The fraction of sp³-hybridized carbons (Fsp3) is 1.00. The van der Waals surface area contributed by atoms with Crippen molar-refractivity contribution < 1.29 is 8.42 Å². The molecule has 1 rings (SSSR count). The number of sulfonamides is 1. The molecular formula is C14H31N3O2S. The van der Waals surface area contributed by atoms with Crippen LogP contribution in [0.1, 0.15) is 40.0 Å². The molecule has 0 aliphatic carbocycles. The third-order valence-electron chi connectivity index (χ3n) is 3.89. The number of likely N-dealkylation sites (tertiary alicyclic amines) is 1. The van der Waals surface area contributed by atoms with Crippen molar-refractivity contribution in [1.29, 1.82) is 0 Å². The van der Waals surface area contributed by atoms with Crippen LogP contribution < -0.4 is 10.0 Å². The number of nitrogens with zero attached hydrogens (tertiary/aromatic N) is 1. The van der Waals surface area contributed by atoms with Gasteiger partial charge in [0.05, 0.1) is 5.75 Å². The Bertz CT molecular complexity index is 349. The standard InChI is InChI=1S/C14H31N3O2S/c1-4-17-9-6-14(7-10-17)12-16-20(18,19)11-5-8-15-13(2)3/h13-16H,4-12H2,1-3H3. The van der Waals surface area contributed by atoms with Gasteiger partial charge in [-0.05, 0) is 51.4 Å². The SMILES string of the molecule is CCN1CCC(CNS(=O)(=O)CCCNC(C)C)CC1. The highest BCUT2D eigenvalue weighted by molar-refractivity contribution is 7.89. The van der Waals surface area contributed by atoms with Crippen molar-refractivity contribution in [2.45, 2.75) is 46.1 Å². The molecule has 6 heteroatoms. The molecule has 0 unspecified atom stereocenters. The smallest absolute Gasteiger partial charge is 0.211 e. The van der Waals surface area contributed by atoms with Gasteiger partial charge in [-0.15, -0.1) is 0 Å². The number of nitrogens with one attached hydrogen (secondary N) is 2. The van der Waals surface area contributed by atoms with Gasteiger partial charge in [0.25, 0.3) is 0 Å². The van der Waals surface area contributed by atoms with Crippen LogP contribution in [0.2, 0.25) is 0 Å². The molecule has 1 saturated heterocycles. The van der Waals surface area contributed by atoms with Crippen LogP contribution in [0, 0.1) is 5.92 Å². The number of hydrogen-bond acceptors (Lipinski definition) is 4. The highest BCUT2D eigenvalue weighted by Crippen LogP contribution is 2.16. The van der Waals surface area contributed by atoms with E-state index in [0.717, 1.165) is 39.0 Å². The molecule has 0 amide bonds. The van der Waals surface area contributed by atoms with Crippen molar-refractivity contribution in [3.05, 3.63) is 0 Å². The first-order valence-corrected chi connectivity index (χ1v) is 9.51. The van der Waals surface area contributed by atoms with E-state index in [1.54, 1.807) is 0 Å². The molecule has 0 radical (unpaired) electrons. The van der Waals surface area contributed by atoms with E-state index < -0.39 is 10.0 Å². The molecule has 0 bridgehead atoms. The molecule has 0 aromatic carbocycles. The highest BCUT2D eigenvalue weighted by Gasteiger charge is 2.20. The summed E-state index contributed by atoms with van der Waals surface area (Å²) in [5, 5.41) is 3.24. The van der Waals surface area contributed by atoms with Crippen molar-refractivity contribution in [1.82, 2.24) is 14.9 Å². The summed E-state index contributed by atoms with van der Waals surface area (Å²) in [7, 11) is -3.10. The Morgan fingerprint density at radius 3 is 2.45 bits per heavy atom. The average Bonchev–Trinajstić information content (AvgIpc) is 2.42. The van der Waals surface area contributed by atoms with Gasteiger partial charge in [0, 0.05) is 12.6 Å². The van der Waals surface area contributed by atoms with E-state index in [-0.39, 0.29) is 5.75 Å². The first-order chi connectivity index (χ1) is 9.43. The van der Waals surface area contributed by atoms with Crippen molar-refractivity contribution >= 4 is 10.0 Å². The van der Waals surface area contributed by atoms with Crippen LogP contribution in [-0.4, -0.2) is 57.8 Å². The molecule has 20 heavy (non-hydrogen) atoms. The maximum Gasteiger partial charge on any atom is 0.211 e. The second-order valence-electron chi connectivity index (χ2n) is 6.01. The molecular weight excluding hydrogens is 274 g/mol. The number of piperidine rings is 1. The molecule has 1 fully saturated rings. The normalized spacial score (nSPS) is 18.8. The fourth-order valence-electron chi connectivity index (χ4n) is 2.48. The molecule has 0 atom stereocenters. The van der Waals surface area contributed by atoms with E-state index in [4.69, 9.17) is 0 Å². The maximum absolute atomic E-state index is 11.9. The summed E-state index contributed by atoms with van der Waals surface area (Å²) < 4.78 is 26.6. The van der Waals surface area contributed by atoms with Gasteiger partial charge in [0.1, 0.15) is 0 Å². The largest absolute Gasteiger partial charge is 0.314 e.